The van der Waals surface area contributed by atoms with E-state index in [0.717, 1.165) is 6.07 Å². The van der Waals surface area contributed by atoms with Gasteiger partial charge in [0.15, 0.2) is 0 Å². The molecule has 1 aromatic heterocycles. The van der Waals surface area contributed by atoms with E-state index in [4.69, 9.17) is 4.74 Å². The Bertz CT molecular complexity index is 763. The number of nitrogens with zero attached hydrogens (tertiary/aromatic N) is 1. The molecule has 0 spiro atoms. The van der Waals surface area contributed by atoms with E-state index in [9.17, 15) is 14.0 Å². The number of carbonyl (C=O) groups excluding carboxylic acids is 2. The highest BCUT2D eigenvalue weighted by Gasteiger charge is 2.11. The number of hydrogen-bond donors (Lipinski definition) is 2. The van der Waals surface area contributed by atoms with E-state index in [1.165, 1.54) is 25.4 Å². The maximum atomic E-state index is 13.7. The summed E-state index contributed by atoms with van der Waals surface area (Å²) in [6.07, 6.45) is 0.545. The SMILES string of the molecule is COC(=O)Nc1cc(NC(=O)c2ccc(OC(C)C)nc2)ccc1F. The van der Waals surface area contributed by atoms with Gasteiger partial charge >= 0.3 is 6.09 Å². The van der Waals surface area contributed by atoms with Crippen LogP contribution in [0.2, 0.25) is 0 Å². The fourth-order valence-electron chi connectivity index (χ4n) is 1.89. The number of pyridine rings is 1. The summed E-state index contributed by atoms with van der Waals surface area (Å²) in [7, 11) is 1.17. The molecule has 132 valence electrons. The lowest BCUT2D eigenvalue weighted by molar-refractivity contribution is 0.102. The summed E-state index contributed by atoms with van der Waals surface area (Å²) in [6.45, 7) is 3.74. The van der Waals surface area contributed by atoms with Crippen molar-refractivity contribution in [2.45, 2.75) is 20.0 Å². The molecule has 2 N–H and O–H groups in total. The molecule has 0 saturated carbocycles. The Morgan fingerprint density at radius 3 is 2.52 bits per heavy atom. The average Bonchev–Trinajstić information content (AvgIpc) is 2.57. The van der Waals surface area contributed by atoms with Gasteiger partial charge in [-0.1, -0.05) is 0 Å². The number of rotatable bonds is 5. The number of amides is 2. The minimum absolute atomic E-state index is 0.0212. The maximum Gasteiger partial charge on any atom is 0.411 e. The lowest BCUT2D eigenvalue weighted by Gasteiger charge is -2.10. The molecule has 0 aliphatic rings. The normalized spacial score (nSPS) is 10.3. The van der Waals surface area contributed by atoms with Crippen molar-refractivity contribution in [3.8, 4) is 5.88 Å². The van der Waals surface area contributed by atoms with Gasteiger partial charge in [-0.2, -0.15) is 0 Å². The van der Waals surface area contributed by atoms with Crippen LogP contribution in [-0.2, 0) is 4.74 Å². The first kappa shape index (κ1) is 18.2. The number of ether oxygens (including phenoxy) is 2. The van der Waals surface area contributed by atoms with Gasteiger partial charge in [-0.05, 0) is 38.1 Å². The monoisotopic (exact) mass is 347 g/mol. The van der Waals surface area contributed by atoms with Crippen LogP contribution in [0.1, 0.15) is 24.2 Å². The summed E-state index contributed by atoms with van der Waals surface area (Å²) in [5, 5.41) is 4.82. The molecule has 2 aromatic rings. The first-order valence-electron chi connectivity index (χ1n) is 7.47. The lowest BCUT2D eigenvalue weighted by Crippen LogP contribution is -2.15. The second-order valence-corrected chi connectivity index (χ2v) is 5.32. The van der Waals surface area contributed by atoms with Crippen molar-refractivity contribution in [3.05, 3.63) is 47.9 Å². The molecule has 0 radical (unpaired) electrons. The summed E-state index contributed by atoms with van der Waals surface area (Å²) >= 11 is 0. The number of nitrogens with one attached hydrogen (secondary N) is 2. The fourth-order valence-corrected chi connectivity index (χ4v) is 1.89. The molecule has 2 amide bonds. The molecule has 0 bridgehead atoms. The summed E-state index contributed by atoms with van der Waals surface area (Å²) < 4.78 is 23.5. The molecule has 8 heteroatoms. The molecule has 0 saturated heterocycles. The Balaban J connectivity index is 2.09. The fraction of sp³-hybridized carbons (Fsp3) is 0.235. The Labute approximate surface area is 144 Å². The molecule has 1 heterocycles. The van der Waals surface area contributed by atoms with Crippen molar-refractivity contribution in [1.82, 2.24) is 4.98 Å². The van der Waals surface area contributed by atoms with Crippen LogP contribution in [0.25, 0.3) is 0 Å². The molecule has 0 aliphatic carbocycles. The zero-order valence-electron chi connectivity index (χ0n) is 14.0. The maximum absolute atomic E-state index is 13.7. The number of halogens is 1. The van der Waals surface area contributed by atoms with Crippen LogP contribution in [0.5, 0.6) is 5.88 Å². The number of benzene rings is 1. The largest absolute Gasteiger partial charge is 0.475 e. The lowest BCUT2D eigenvalue weighted by atomic mass is 10.2. The number of hydrogen-bond acceptors (Lipinski definition) is 5. The molecular weight excluding hydrogens is 329 g/mol. The molecule has 2 rings (SSSR count). The van der Waals surface area contributed by atoms with Gasteiger partial charge < -0.3 is 14.8 Å². The Morgan fingerprint density at radius 1 is 1.16 bits per heavy atom. The smallest absolute Gasteiger partial charge is 0.411 e. The Kier molecular flexibility index (Phi) is 5.89. The van der Waals surface area contributed by atoms with Crippen LogP contribution in [0, 0.1) is 5.82 Å². The highest BCUT2D eigenvalue weighted by molar-refractivity contribution is 6.04. The van der Waals surface area contributed by atoms with Crippen molar-refractivity contribution < 1.29 is 23.5 Å². The van der Waals surface area contributed by atoms with Crippen LogP contribution < -0.4 is 15.4 Å². The quantitative estimate of drug-likeness (QED) is 0.865. The van der Waals surface area contributed by atoms with Crippen molar-refractivity contribution >= 4 is 23.4 Å². The van der Waals surface area contributed by atoms with Gasteiger partial charge in [0, 0.05) is 18.0 Å². The van der Waals surface area contributed by atoms with Gasteiger partial charge in [0.2, 0.25) is 5.88 Å². The Hall–Kier alpha value is -3.16. The predicted octanol–water partition coefficient (Wildman–Crippen LogP) is 3.44. The third-order valence-electron chi connectivity index (χ3n) is 3.00. The van der Waals surface area contributed by atoms with Gasteiger partial charge in [0.25, 0.3) is 5.91 Å². The van der Waals surface area contributed by atoms with Crippen molar-refractivity contribution in [2.75, 3.05) is 17.7 Å². The van der Waals surface area contributed by atoms with E-state index in [2.05, 4.69) is 20.4 Å². The summed E-state index contributed by atoms with van der Waals surface area (Å²) in [6, 6.07) is 6.94. The van der Waals surface area contributed by atoms with Crippen LogP contribution >= 0.6 is 0 Å². The van der Waals surface area contributed by atoms with Crippen molar-refractivity contribution in [2.24, 2.45) is 0 Å². The summed E-state index contributed by atoms with van der Waals surface area (Å²) in [5.74, 6) is -0.669. The molecule has 25 heavy (non-hydrogen) atoms. The van der Waals surface area contributed by atoms with E-state index >= 15 is 0 Å². The van der Waals surface area contributed by atoms with Gasteiger partial charge in [-0.3, -0.25) is 10.1 Å². The van der Waals surface area contributed by atoms with Crippen LogP contribution in [0.4, 0.5) is 20.6 Å². The summed E-state index contributed by atoms with van der Waals surface area (Å²) in [4.78, 5) is 27.5. The predicted molar refractivity (Wildman–Crippen MR) is 90.4 cm³/mol. The standard InChI is InChI=1S/C17H18FN3O4/c1-10(2)25-15-7-4-11(9-19-15)16(22)20-12-5-6-13(18)14(8-12)21-17(23)24-3/h4-10H,1-3H3,(H,20,22)(H,21,23). The van der Waals surface area contributed by atoms with Gasteiger partial charge in [-0.15, -0.1) is 0 Å². The van der Waals surface area contributed by atoms with Crippen LogP contribution in [0.3, 0.4) is 0 Å². The van der Waals surface area contributed by atoms with Gasteiger partial charge in [0.1, 0.15) is 5.82 Å². The molecule has 0 aliphatic heterocycles. The van der Waals surface area contributed by atoms with Gasteiger partial charge in [0.05, 0.1) is 24.5 Å². The third kappa shape index (κ3) is 5.17. The molecule has 1 aromatic carbocycles. The zero-order valence-corrected chi connectivity index (χ0v) is 14.0. The highest BCUT2D eigenvalue weighted by Crippen LogP contribution is 2.20. The van der Waals surface area contributed by atoms with E-state index in [1.54, 1.807) is 12.1 Å². The molecule has 0 unspecified atom stereocenters. The van der Waals surface area contributed by atoms with Crippen molar-refractivity contribution in [1.29, 1.82) is 0 Å². The third-order valence-corrected chi connectivity index (χ3v) is 3.00. The van der Waals surface area contributed by atoms with Crippen molar-refractivity contribution in [3.63, 3.8) is 0 Å². The highest BCUT2D eigenvalue weighted by atomic mass is 19.1. The van der Waals surface area contributed by atoms with E-state index in [1.807, 2.05) is 13.8 Å². The molecule has 0 fully saturated rings. The second-order valence-electron chi connectivity index (χ2n) is 5.32. The second kappa shape index (κ2) is 8.09. The van der Waals surface area contributed by atoms with Gasteiger partial charge in [-0.25, -0.2) is 14.2 Å². The first-order valence-corrected chi connectivity index (χ1v) is 7.47. The molecule has 7 nitrogen and oxygen atoms in total. The number of carbonyl (C=O) groups is 2. The minimum Gasteiger partial charge on any atom is -0.475 e. The van der Waals surface area contributed by atoms with E-state index in [-0.39, 0.29) is 11.8 Å². The van der Waals surface area contributed by atoms with E-state index in [0.29, 0.717) is 17.1 Å². The number of anilines is 2. The Morgan fingerprint density at radius 2 is 1.92 bits per heavy atom. The minimum atomic E-state index is -0.813. The summed E-state index contributed by atoms with van der Waals surface area (Å²) in [5.41, 5.74) is 0.506. The first-order chi connectivity index (χ1) is 11.9. The number of methoxy groups -OCH3 is 1. The van der Waals surface area contributed by atoms with Crippen LogP contribution in [-0.4, -0.2) is 30.2 Å². The van der Waals surface area contributed by atoms with E-state index < -0.39 is 17.8 Å². The zero-order chi connectivity index (χ0) is 18.4. The van der Waals surface area contributed by atoms with Crippen LogP contribution in [0.15, 0.2) is 36.5 Å². The molecule has 0 atom stereocenters. The number of aromatic nitrogens is 1. The average molecular weight is 347 g/mol. The molecular formula is C17H18FN3O4. The topological polar surface area (TPSA) is 89.6 Å².